The molecule has 1 amide bonds. The average Bonchev–Trinajstić information content (AvgIpc) is 3.05. The van der Waals surface area contributed by atoms with Crippen LogP contribution in [0.25, 0.3) is 0 Å². The van der Waals surface area contributed by atoms with Crippen molar-refractivity contribution >= 4 is 17.7 Å². The number of hydrogen-bond acceptors (Lipinski definition) is 5. The first-order valence-electron chi connectivity index (χ1n) is 7.94. The number of nitrogens with zero attached hydrogens (tertiary/aromatic N) is 2. The SMILES string of the molecule is CCN(CC)CCNC(=O)c1cccnc1OC1CCSC1. The summed E-state index contributed by atoms with van der Waals surface area (Å²) in [5, 5.41) is 2.96. The molecule has 0 saturated carbocycles. The highest BCUT2D eigenvalue weighted by molar-refractivity contribution is 7.99. The summed E-state index contributed by atoms with van der Waals surface area (Å²) in [6.07, 6.45) is 2.86. The summed E-state index contributed by atoms with van der Waals surface area (Å²) in [5.74, 6) is 2.43. The summed E-state index contributed by atoms with van der Waals surface area (Å²) in [7, 11) is 0. The van der Waals surface area contributed by atoms with Crippen molar-refractivity contribution in [1.82, 2.24) is 15.2 Å². The number of thioether (sulfide) groups is 1. The van der Waals surface area contributed by atoms with Gasteiger partial charge in [0.15, 0.2) is 0 Å². The molecule has 1 N–H and O–H groups in total. The second kappa shape index (κ2) is 9.00. The average molecular weight is 323 g/mol. The van der Waals surface area contributed by atoms with Crippen LogP contribution in [-0.4, -0.2) is 59.6 Å². The molecule has 2 heterocycles. The lowest BCUT2D eigenvalue weighted by atomic mass is 10.2. The Morgan fingerprint density at radius 1 is 1.50 bits per heavy atom. The molecular formula is C16H25N3O2S. The molecule has 1 aliphatic rings. The van der Waals surface area contributed by atoms with Crippen molar-refractivity contribution in [2.24, 2.45) is 0 Å². The van der Waals surface area contributed by atoms with E-state index in [-0.39, 0.29) is 12.0 Å². The third kappa shape index (κ3) is 4.88. The largest absolute Gasteiger partial charge is 0.473 e. The van der Waals surface area contributed by atoms with E-state index in [2.05, 4.69) is 29.0 Å². The normalized spacial score (nSPS) is 17.7. The molecule has 1 saturated heterocycles. The van der Waals surface area contributed by atoms with E-state index >= 15 is 0 Å². The predicted octanol–water partition coefficient (Wildman–Crippen LogP) is 2.04. The Hall–Kier alpha value is -1.27. The molecule has 1 aromatic heterocycles. The van der Waals surface area contributed by atoms with Crippen molar-refractivity contribution in [1.29, 1.82) is 0 Å². The van der Waals surface area contributed by atoms with Crippen molar-refractivity contribution in [3.05, 3.63) is 23.9 Å². The van der Waals surface area contributed by atoms with Gasteiger partial charge in [-0.05, 0) is 37.4 Å². The maximum atomic E-state index is 12.3. The van der Waals surface area contributed by atoms with E-state index < -0.39 is 0 Å². The number of ether oxygens (including phenoxy) is 1. The minimum atomic E-state index is -0.110. The van der Waals surface area contributed by atoms with Crippen molar-refractivity contribution < 1.29 is 9.53 Å². The van der Waals surface area contributed by atoms with Crippen molar-refractivity contribution in [2.75, 3.05) is 37.7 Å². The number of hydrogen-bond donors (Lipinski definition) is 1. The summed E-state index contributed by atoms with van der Waals surface area (Å²) < 4.78 is 5.89. The van der Waals surface area contributed by atoms with Gasteiger partial charge in [0.05, 0.1) is 0 Å². The Labute approximate surface area is 136 Å². The molecule has 1 aromatic rings. The van der Waals surface area contributed by atoms with Crippen molar-refractivity contribution in [3.63, 3.8) is 0 Å². The summed E-state index contributed by atoms with van der Waals surface area (Å²) in [6.45, 7) is 7.72. The number of carbonyl (C=O) groups is 1. The molecule has 1 fully saturated rings. The standard InChI is InChI=1S/C16H25N3O2S/c1-3-19(4-2)10-9-17-15(20)14-6-5-8-18-16(14)21-13-7-11-22-12-13/h5-6,8,13H,3-4,7,9-12H2,1-2H3,(H,17,20). The molecule has 0 spiro atoms. The molecule has 0 aliphatic carbocycles. The molecule has 1 unspecified atom stereocenters. The third-order valence-electron chi connectivity index (χ3n) is 3.79. The number of likely N-dealkylation sites (N-methyl/N-ethyl adjacent to an activating group) is 1. The number of rotatable bonds is 8. The van der Waals surface area contributed by atoms with Crippen LogP contribution in [0.15, 0.2) is 18.3 Å². The molecular weight excluding hydrogens is 298 g/mol. The Morgan fingerprint density at radius 2 is 2.32 bits per heavy atom. The van der Waals surface area contributed by atoms with Crippen molar-refractivity contribution in [3.8, 4) is 5.88 Å². The first-order valence-corrected chi connectivity index (χ1v) is 9.10. The van der Waals surface area contributed by atoms with E-state index in [1.54, 1.807) is 18.3 Å². The van der Waals surface area contributed by atoms with Crippen LogP contribution in [0.5, 0.6) is 5.88 Å². The van der Waals surface area contributed by atoms with Crippen LogP contribution in [-0.2, 0) is 0 Å². The monoisotopic (exact) mass is 323 g/mol. The zero-order valence-corrected chi connectivity index (χ0v) is 14.2. The van der Waals surface area contributed by atoms with E-state index in [0.29, 0.717) is 18.0 Å². The van der Waals surface area contributed by atoms with E-state index in [4.69, 9.17) is 4.74 Å². The van der Waals surface area contributed by atoms with Crippen LogP contribution in [0, 0.1) is 0 Å². The van der Waals surface area contributed by atoms with E-state index in [0.717, 1.165) is 37.6 Å². The third-order valence-corrected chi connectivity index (χ3v) is 4.92. The smallest absolute Gasteiger partial charge is 0.256 e. The van der Waals surface area contributed by atoms with E-state index in [1.807, 2.05) is 11.8 Å². The molecule has 6 heteroatoms. The summed E-state index contributed by atoms with van der Waals surface area (Å²) in [5.41, 5.74) is 0.527. The molecule has 1 aliphatic heterocycles. The summed E-state index contributed by atoms with van der Waals surface area (Å²) in [6, 6.07) is 3.55. The van der Waals surface area contributed by atoms with Gasteiger partial charge in [-0.1, -0.05) is 13.8 Å². The van der Waals surface area contributed by atoms with Crippen LogP contribution in [0.4, 0.5) is 0 Å². The second-order valence-electron chi connectivity index (χ2n) is 5.24. The summed E-state index contributed by atoms with van der Waals surface area (Å²) >= 11 is 1.88. The number of amides is 1. The van der Waals surface area contributed by atoms with Gasteiger partial charge < -0.3 is 15.0 Å². The maximum Gasteiger partial charge on any atom is 0.256 e. The first kappa shape index (κ1) is 17.1. The molecule has 122 valence electrons. The number of pyridine rings is 1. The Kier molecular flexibility index (Phi) is 6.99. The van der Waals surface area contributed by atoms with Crippen LogP contribution >= 0.6 is 11.8 Å². The van der Waals surface area contributed by atoms with Crippen molar-refractivity contribution in [2.45, 2.75) is 26.4 Å². The van der Waals surface area contributed by atoms with E-state index in [1.165, 1.54) is 0 Å². The quantitative estimate of drug-likeness (QED) is 0.793. The predicted molar refractivity (Wildman–Crippen MR) is 90.7 cm³/mol. The summed E-state index contributed by atoms with van der Waals surface area (Å²) in [4.78, 5) is 18.9. The van der Waals surface area contributed by atoms with Gasteiger partial charge in [-0.15, -0.1) is 0 Å². The highest BCUT2D eigenvalue weighted by atomic mass is 32.2. The lowest BCUT2D eigenvalue weighted by molar-refractivity contribution is 0.0941. The first-order chi connectivity index (χ1) is 10.7. The van der Waals surface area contributed by atoms with Gasteiger partial charge in [-0.3, -0.25) is 4.79 Å². The zero-order chi connectivity index (χ0) is 15.8. The Morgan fingerprint density at radius 3 is 3.00 bits per heavy atom. The molecule has 22 heavy (non-hydrogen) atoms. The molecule has 0 aromatic carbocycles. The second-order valence-corrected chi connectivity index (χ2v) is 6.39. The number of nitrogens with one attached hydrogen (secondary N) is 1. The van der Waals surface area contributed by atoms with Crippen LogP contribution in [0.3, 0.4) is 0 Å². The van der Waals surface area contributed by atoms with Crippen LogP contribution in [0.1, 0.15) is 30.6 Å². The fourth-order valence-electron chi connectivity index (χ4n) is 2.38. The highest BCUT2D eigenvalue weighted by Crippen LogP contribution is 2.24. The molecule has 1 atom stereocenters. The lowest BCUT2D eigenvalue weighted by Gasteiger charge is -2.18. The van der Waals surface area contributed by atoms with Gasteiger partial charge in [0.2, 0.25) is 5.88 Å². The number of aromatic nitrogens is 1. The fraction of sp³-hybridized carbons (Fsp3) is 0.625. The van der Waals surface area contributed by atoms with Crippen LogP contribution < -0.4 is 10.1 Å². The number of carbonyl (C=O) groups excluding carboxylic acids is 1. The maximum absolute atomic E-state index is 12.3. The highest BCUT2D eigenvalue weighted by Gasteiger charge is 2.21. The van der Waals surface area contributed by atoms with Gasteiger partial charge in [-0.25, -0.2) is 4.98 Å². The molecule has 0 bridgehead atoms. The van der Waals surface area contributed by atoms with Gasteiger partial charge in [0.1, 0.15) is 11.7 Å². The molecule has 0 radical (unpaired) electrons. The lowest BCUT2D eigenvalue weighted by Crippen LogP contribution is -2.35. The van der Waals surface area contributed by atoms with Gasteiger partial charge in [0.25, 0.3) is 5.91 Å². The minimum Gasteiger partial charge on any atom is -0.473 e. The zero-order valence-electron chi connectivity index (χ0n) is 13.4. The molecule has 2 rings (SSSR count). The van der Waals surface area contributed by atoms with Crippen LogP contribution in [0.2, 0.25) is 0 Å². The fourth-order valence-corrected chi connectivity index (χ4v) is 3.48. The van der Waals surface area contributed by atoms with E-state index in [9.17, 15) is 4.79 Å². The van der Waals surface area contributed by atoms with Gasteiger partial charge >= 0.3 is 0 Å². The van der Waals surface area contributed by atoms with Gasteiger partial charge in [-0.2, -0.15) is 11.8 Å². The minimum absolute atomic E-state index is 0.110. The Balaban J connectivity index is 1.91. The molecule has 5 nitrogen and oxygen atoms in total. The topological polar surface area (TPSA) is 54.5 Å². The Bertz CT molecular complexity index is 474. The van der Waals surface area contributed by atoms with Gasteiger partial charge in [0, 0.05) is 25.0 Å².